The molecule has 0 bridgehead atoms. The zero-order valence-electron chi connectivity index (χ0n) is 17.6. The first-order valence-corrected chi connectivity index (χ1v) is 10.2. The van der Waals surface area contributed by atoms with E-state index in [1.54, 1.807) is 14.2 Å². The molecule has 0 atom stereocenters. The molecule has 0 radical (unpaired) electrons. The van der Waals surface area contributed by atoms with Gasteiger partial charge in [-0.25, -0.2) is 4.79 Å². The molecule has 0 unspecified atom stereocenters. The van der Waals surface area contributed by atoms with Gasteiger partial charge < -0.3 is 25.0 Å². The van der Waals surface area contributed by atoms with Crippen molar-refractivity contribution < 1.29 is 14.3 Å². The van der Waals surface area contributed by atoms with Crippen LogP contribution in [0.3, 0.4) is 0 Å². The number of hydrogen-bond donors (Lipinski definition) is 2. The number of fused-ring (bicyclic) bond motifs is 1. The number of rotatable bonds is 8. The predicted octanol–water partition coefficient (Wildman–Crippen LogP) is 3.52. The maximum Gasteiger partial charge on any atom is 0.315 e. The lowest BCUT2D eigenvalue weighted by Gasteiger charge is -2.30. The van der Waals surface area contributed by atoms with E-state index in [9.17, 15) is 4.79 Å². The molecule has 1 aliphatic heterocycles. The highest BCUT2D eigenvalue weighted by Crippen LogP contribution is 2.28. The fourth-order valence-electron chi connectivity index (χ4n) is 3.77. The van der Waals surface area contributed by atoms with Gasteiger partial charge in [-0.1, -0.05) is 18.2 Å². The van der Waals surface area contributed by atoms with Crippen LogP contribution >= 0.6 is 0 Å². The van der Waals surface area contributed by atoms with E-state index in [4.69, 9.17) is 9.47 Å². The number of carbonyl (C=O) groups is 1. The molecule has 1 aliphatic rings. The zero-order valence-corrected chi connectivity index (χ0v) is 17.6. The summed E-state index contributed by atoms with van der Waals surface area (Å²) in [5, 5.41) is 5.82. The molecular formula is C23H31N3O3. The van der Waals surface area contributed by atoms with Crippen LogP contribution in [0.4, 0.5) is 10.5 Å². The van der Waals surface area contributed by atoms with Crippen molar-refractivity contribution in [2.24, 2.45) is 0 Å². The normalized spacial score (nSPS) is 12.9. The number of amides is 2. The summed E-state index contributed by atoms with van der Waals surface area (Å²) in [7, 11) is 3.20. The first kappa shape index (κ1) is 20.8. The van der Waals surface area contributed by atoms with Crippen LogP contribution in [0.25, 0.3) is 0 Å². The molecule has 0 aliphatic carbocycles. The molecule has 2 aromatic rings. The third-order valence-electron chi connectivity index (χ3n) is 5.34. The van der Waals surface area contributed by atoms with Crippen LogP contribution in [0.1, 0.15) is 30.0 Å². The van der Waals surface area contributed by atoms with E-state index in [0.29, 0.717) is 24.6 Å². The number of urea groups is 1. The lowest BCUT2D eigenvalue weighted by Crippen LogP contribution is -2.36. The van der Waals surface area contributed by atoms with Crippen LogP contribution in [0.15, 0.2) is 36.4 Å². The number of nitrogens with zero attached hydrogens (tertiary/aromatic N) is 1. The molecule has 3 rings (SSSR count). The van der Waals surface area contributed by atoms with E-state index in [1.165, 1.54) is 23.2 Å². The van der Waals surface area contributed by atoms with Gasteiger partial charge in [0.05, 0.1) is 14.2 Å². The minimum absolute atomic E-state index is 0.171. The summed E-state index contributed by atoms with van der Waals surface area (Å²) >= 11 is 0. The highest BCUT2D eigenvalue weighted by molar-refractivity contribution is 5.73. The Kier molecular flexibility index (Phi) is 7.22. The average molecular weight is 398 g/mol. The SMILES string of the molecule is CCN1CCCc2cc(CCNC(=O)NCc3ccc(OC)c(OC)c3)ccc21. The van der Waals surface area contributed by atoms with Crippen molar-refractivity contribution in [2.75, 3.05) is 38.8 Å². The molecule has 1 heterocycles. The van der Waals surface area contributed by atoms with Crippen molar-refractivity contribution in [1.29, 1.82) is 0 Å². The smallest absolute Gasteiger partial charge is 0.315 e. The largest absolute Gasteiger partial charge is 0.493 e. The molecule has 2 N–H and O–H groups in total. The molecule has 2 aromatic carbocycles. The average Bonchev–Trinajstić information content (AvgIpc) is 2.76. The third-order valence-corrected chi connectivity index (χ3v) is 5.34. The molecule has 0 fully saturated rings. The highest BCUT2D eigenvalue weighted by Gasteiger charge is 2.15. The number of benzene rings is 2. The Bertz CT molecular complexity index is 838. The number of aryl methyl sites for hydroxylation is 1. The Hall–Kier alpha value is -2.89. The lowest BCUT2D eigenvalue weighted by atomic mass is 9.98. The van der Waals surface area contributed by atoms with Crippen LogP contribution in [-0.4, -0.2) is 39.9 Å². The first-order valence-electron chi connectivity index (χ1n) is 10.2. The van der Waals surface area contributed by atoms with Gasteiger partial charge in [0.15, 0.2) is 11.5 Å². The molecule has 0 spiro atoms. The maximum absolute atomic E-state index is 12.1. The van der Waals surface area contributed by atoms with Crippen LogP contribution in [0, 0.1) is 0 Å². The second-order valence-corrected chi connectivity index (χ2v) is 7.20. The summed E-state index contributed by atoms with van der Waals surface area (Å²) in [6.07, 6.45) is 3.17. The summed E-state index contributed by atoms with van der Waals surface area (Å²) in [6, 6.07) is 12.1. The molecule has 0 saturated carbocycles. The summed E-state index contributed by atoms with van der Waals surface area (Å²) in [6.45, 7) is 5.43. The lowest BCUT2D eigenvalue weighted by molar-refractivity contribution is 0.240. The Morgan fingerprint density at radius 3 is 2.59 bits per heavy atom. The van der Waals surface area contributed by atoms with E-state index < -0.39 is 0 Å². The Morgan fingerprint density at radius 2 is 1.83 bits per heavy atom. The monoisotopic (exact) mass is 397 g/mol. The highest BCUT2D eigenvalue weighted by atomic mass is 16.5. The number of ether oxygens (including phenoxy) is 2. The summed E-state index contributed by atoms with van der Waals surface area (Å²) in [5.74, 6) is 1.33. The summed E-state index contributed by atoms with van der Waals surface area (Å²) in [5.41, 5.74) is 5.01. The van der Waals surface area contributed by atoms with Gasteiger partial charge in [0.2, 0.25) is 0 Å². The maximum atomic E-state index is 12.1. The van der Waals surface area contributed by atoms with Gasteiger partial charge in [0.1, 0.15) is 0 Å². The quantitative estimate of drug-likeness (QED) is 0.715. The molecule has 0 aromatic heterocycles. The molecule has 0 saturated heterocycles. The number of hydrogen-bond acceptors (Lipinski definition) is 4. The third kappa shape index (κ3) is 5.34. The van der Waals surface area contributed by atoms with Crippen molar-refractivity contribution in [2.45, 2.75) is 32.7 Å². The van der Waals surface area contributed by atoms with Crippen molar-refractivity contribution >= 4 is 11.7 Å². The predicted molar refractivity (Wildman–Crippen MR) is 116 cm³/mol. The van der Waals surface area contributed by atoms with Gasteiger partial charge in [0.25, 0.3) is 0 Å². The van der Waals surface area contributed by atoms with Crippen LogP contribution < -0.4 is 25.0 Å². The van der Waals surface area contributed by atoms with E-state index >= 15 is 0 Å². The van der Waals surface area contributed by atoms with Gasteiger partial charge in [-0.3, -0.25) is 0 Å². The van der Waals surface area contributed by atoms with Gasteiger partial charge >= 0.3 is 6.03 Å². The number of anilines is 1. The molecule has 6 nitrogen and oxygen atoms in total. The zero-order chi connectivity index (χ0) is 20.6. The van der Waals surface area contributed by atoms with Crippen molar-refractivity contribution in [1.82, 2.24) is 10.6 Å². The Morgan fingerprint density at radius 1 is 1.03 bits per heavy atom. The van der Waals surface area contributed by atoms with E-state index in [-0.39, 0.29) is 6.03 Å². The van der Waals surface area contributed by atoms with E-state index in [2.05, 4.69) is 40.7 Å². The second-order valence-electron chi connectivity index (χ2n) is 7.20. The number of carbonyl (C=O) groups excluding carboxylic acids is 1. The summed E-state index contributed by atoms with van der Waals surface area (Å²) in [4.78, 5) is 14.5. The van der Waals surface area contributed by atoms with E-state index in [1.807, 2.05) is 18.2 Å². The van der Waals surface area contributed by atoms with Crippen LogP contribution in [0.5, 0.6) is 11.5 Å². The Balaban J connectivity index is 1.46. The summed E-state index contributed by atoms with van der Waals surface area (Å²) < 4.78 is 10.5. The number of nitrogens with one attached hydrogen (secondary N) is 2. The molecular weight excluding hydrogens is 366 g/mol. The van der Waals surface area contributed by atoms with Crippen LogP contribution in [-0.2, 0) is 19.4 Å². The van der Waals surface area contributed by atoms with Crippen molar-refractivity contribution in [3.63, 3.8) is 0 Å². The Labute approximate surface area is 173 Å². The fraction of sp³-hybridized carbons (Fsp3) is 0.435. The minimum Gasteiger partial charge on any atom is -0.493 e. The van der Waals surface area contributed by atoms with Crippen LogP contribution in [0.2, 0.25) is 0 Å². The standard InChI is InChI=1S/C23H31N3O3/c1-4-26-13-5-6-19-14-17(7-9-20(19)26)11-12-24-23(27)25-16-18-8-10-21(28-2)22(15-18)29-3/h7-10,14-15H,4-6,11-13,16H2,1-3H3,(H2,24,25,27). The minimum atomic E-state index is -0.171. The van der Waals surface area contributed by atoms with E-state index in [0.717, 1.165) is 31.5 Å². The molecule has 156 valence electrons. The number of methoxy groups -OCH3 is 2. The van der Waals surface area contributed by atoms with Gasteiger partial charge in [0, 0.05) is 31.9 Å². The molecule has 2 amide bonds. The fourth-order valence-corrected chi connectivity index (χ4v) is 3.77. The second kappa shape index (κ2) is 10.0. The topological polar surface area (TPSA) is 62.8 Å². The van der Waals surface area contributed by atoms with Gasteiger partial charge in [-0.05, 0) is 61.1 Å². The molecule has 6 heteroatoms. The van der Waals surface area contributed by atoms with Crippen molar-refractivity contribution in [3.05, 3.63) is 53.1 Å². The first-order chi connectivity index (χ1) is 14.1. The van der Waals surface area contributed by atoms with Gasteiger partial charge in [-0.15, -0.1) is 0 Å². The van der Waals surface area contributed by atoms with Gasteiger partial charge in [-0.2, -0.15) is 0 Å². The van der Waals surface area contributed by atoms with Crippen molar-refractivity contribution in [3.8, 4) is 11.5 Å². The molecule has 29 heavy (non-hydrogen) atoms.